The van der Waals surface area contributed by atoms with E-state index in [0.717, 1.165) is 67.1 Å². The third-order valence-corrected chi connectivity index (χ3v) is 34.6. The summed E-state index contributed by atoms with van der Waals surface area (Å²) in [7, 11) is 0. The van der Waals surface area contributed by atoms with E-state index in [2.05, 4.69) is 215 Å². The average Bonchev–Trinajstić information content (AvgIpc) is 0.785. The SMILES string of the molecule is C.C.CC(C)C1(C)CCC1O.CC(C)C1C(O)CC1(C)C.CC(C)C1C(O)CC1(F)F.CC(C)C1C2CCC(CC2)C1O.CC(C)C1CC(C)(C)C1O.CC(C)C1CC(F)(F)CCC1O.CC(C)C1CCC(C)(C)C1O.CC(C)C1CCC1(C)O.CC(C)C1CCC1C.CC(C)C1CCCC(C)(C)C1O.CC(C)C1CCCC1C.CC(C)C1CCCCC1O. The third kappa shape index (κ3) is 36.8. The molecule has 14 fully saturated rings. The molecule has 14 heteroatoms. The molecule has 14 aliphatic rings. The van der Waals surface area contributed by atoms with Crippen LogP contribution >= 0.6 is 0 Å². The van der Waals surface area contributed by atoms with Crippen LogP contribution < -0.4 is 0 Å². The van der Waals surface area contributed by atoms with Crippen molar-refractivity contribution in [2.24, 2.45) is 187 Å². The Kier molecular flexibility index (Phi) is 53.3. The summed E-state index contributed by atoms with van der Waals surface area (Å²) in [5.74, 6) is 10.2. The highest BCUT2D eigenvalue weighted by atomic mass is 19.3. The molecule has 10 nitrogen and oxygen atoms in total. The fourth-order valence-electron chi connectivity index (χ4n) is 24.6. The van der Waals surface area contributed by atoms with Crippen LogP contribution in [0.4, 0.5) is 17.6 Å². The Balaban J connectivity index is 0.00000133. The summed E-state index contributed by atoms with van der Waals surface area (Å²) < 4.78 is 50.8. The zero-order valence-electron chi connectivity index (χ0n) is 86.6. The maximum absolute atomic E-state index is 12.9. The molecule has 0 aromatic carbocycles. The molecule has 0 aromatic heterocycles. The average molecular weight is 1780 g/mol. The van der Waals surface area contributed by atoms with Gasteiger partial charge in [-0.1, -0.05) is 296 Å². The summed E-state index contributed by atoms with van der Waals surface area (Å²) >= 11 is 0. The molecule has 0 spiro atoms. The van der Waals surface area contributed by atoms with Crippen LogP contribution in [0.1, 0.15) is 444 Å². The third-order valence-electron chi connectivity index (χ3n) is 34.6. The van der Waals surface area contributed by atoms with Crippen LogP contribution in [0.15, 0.2) is 0 Å². The van der Waals surface area contributed by atoms with Crippen LogP contribution in [-0.2, 0) is 0 Å². The molecule has 0 radical (unpaired) electrons. The van der Waals surface area contributed by atoms with E-state index in [1.165, 1.54) is 128 Å². The van der Waals surface area contributed by atoms with Gasteiger partial charge in [-0.05, 0) is 310 Å². The molecule has 14 rings (SSSR count). The smallest absolute Gasteiger partial charge is 0.256 e. The van der Waals surface area contributed by atoms with E-state index in [1.807, 2.05) is 20.8 Å². The Morgan fingerprint density at radius 1 is 0.282 bits per heavy atom. The standard InChI is InChI=1S/C11H20O.C11H22O.C10H20O.C9H16F2O.3C9H18O.C9H18.2C8H16O.C8H16.C7H12F2O.2CH4/c1-7(2)10-8-3-5-9(6-4-8)11(10)12;1-8(2)9-6-5-7-11(3,4)10(9)12;1-7(2)8-5-6-10(3,4)9(8)11;1-6(2)7-5-9(10,11)4-3-8(7)12;1-6(2)8-7(10)5-9(8,3)4;1-6(2)7-5-9(3,4)8(7)10;1-7(2)8-5-3-4-6-9(8)10;1-7(2)9-6-4-5-8(9)3;1-6(2)8(3)5-4-7(8)9;1-6(2)7-4-5-8(7,3)9;1-6(2)8-5-4-7(8)3;1-4(2)6-5(10)3-7(6,8)9;;/h7-12H,3-6H2,1-2H3;8-10,12H,5-7H2,1-4H3;7-9,11H,5-6H2,1-4H3;6-8,12H,3-5H2,1-2H3;2*6-8,10H,5H2,1-4H3;7-10H,3-6H2,1-2H3;7-9H,4-6H2,1-3H3;2*6-7,9H,4-5H2,1-3H3;6-8H,4-5H2,1-3H3;4-6,10H,3H2,1-2H3;2*1H4. The monoisotopic (exact) mass is 1780 g/mol. The molecule has 2 bridgehead atoms. The lowest BCUT2D eigenvalue weighted by Crippen LogP contribution is -2.53. The van der Waals surface area contributed by atoms with E-state index in [1.54, 1.807) is 13.8 Å². The topological polar surface area (TPSA) is 202 Å². The molecule has 0 aromatic rings. The predicted molar refractivity (Wildman–Crippen MR) is 522 cm³/mol. The summed E-state index contributed by atoms with van der Waals surface area (Å²) in [6, 6.07) is 0. The van der Waals surface area contributed by atoms with Crippen LogP contribution in [0, 0.1) is 187 Å². The molecule has 24 atom stereocenters. The molecule has 124 heavy (non-hydrogen) atoms. The molecule has 746 valence electrons. The van der Waals surface area contributed by atoms with Crippen LogP contribution in [0.25, 0.3) is 0 Å². The van der Waals surface area contributed by atoms with Gasteiger partial charge in [0.2, 0.25) is 5.92 Å². The van der Waals surface area contributed by atoms with Crippen molar-refractivity contribution in [3.05, 3.63) is 0 Å². The van der Waals surface area contributed by atoms with Crippen molar-refractivity contribution in [1.29, 1.82) is 0 Å². The first-order valence-electron chi connectivity index (χ1n) is 51.2. The Morgan fingerprint density at radius 3 is 0.895 bits per heavy atom. The number of alkyl halides is 4. The van der Waals surface area contributed by atoms with E-state index < -0.39 is 30.0 Å². The fourth-order valence-corrected chi connectivity index (χ4v) is 24.6. The summed E-state index contributed by atoms with van der Waals surface area (Å²) in [6.45, 7) is 78.2. The van der Waals surface area contributed by atoms with Gasteiger partial charge in [-0.25, -0.2) is 17.6 Å². The minimum atomic E-state index is -2.62. The molecule has 0 amide bonds. The second-order valence-corrected chi connectivity index (χ2v) is 50.1. The largest absolute Gasteiger partial charge is 0.393 e. The summed E-state index contributed by atoms with van der Waals surface area (Å²) in [5, 5.41) is 95.8. The zero-order chi connectivity index (χ0) is 94.6. The van der Waals surface area contributed by atoms with Crippen molar-refractivity contribution in [2.75, 3.05) is 0 Å². The number of halogens is 4. The normalized spacial score (nSPS) is 37.9. The first kappa shape index (κ1) is 123. The predicted octanol–water partition coefficient (Wildman–Crippen LogP) is 28.7. The van der Waals surface area contributed by atoms with Crippen molar-refractivity contribution in [3.63, 3.8) is 0 Å². The van der Waals surface area contributed by atoms with Gasteiger partial charge in [-0.2, -0.15) is 0 Å². The van der Waals surface area contributed by atoms with Gasteiger partial charge in [0.05, 0.1) is 66.5 Å². The van der Waals surface area contributed by atoms with Gasteiger partial charge >= 0.3 is 0 Å². The van der Waals surface area contributed by atoms with E-state index in [9.17, 15) is 63.5 Å². The van der Waals surface area contributed by atoms with E-state index in [-0.39, 0.29) is 128 Å². The van der Waals surface area contributed by atoms with Gasteiger partial charge in [0.1, 0.15) is 0 Å². The first-order valence-corrected chi connectivity index (χ1v) is 51.2. The Morgan fingerprint density at radius 2 is 0.694 bits per heavy atom. The molecule has 14 aliphatic carbocycles. The van der Waals surface area contributed by atoms with Crippen molar-refractivity contribution < 1.29 is 68.6 Å². The van der Waals surface area contributed by atoms with Gasteiger partial charge < -0.3 is 51.1 Å². The molecule has 10 N–H and O–H groups in total. The van der Waals surface area contributed by atoms with Crippen molar-refractivity contribution in [1.82, 2.24) is 0 Å². The first-order chi connectivity index (χ1) is 55.6. The second-order valence-electron chi connectivity index (χ2n) is 50.1. The van der Waals surface area contributed by atoms with Crippen molar-refractivity contribution >= 4 is 0 Å². The van der Waals surface area contributed by atoms with E-state index in [4.69, 9.17) is 5.11 Å². The number of aliphatic hydroxyl groups excluding tert-OH is 9. The van der Waals surface area contributed by atoms with Gasteiger partial charge in [0.15, 0.2) is 0 Å². The molecule has 14 saturated carbocycles. The molecule has 0 heterocycles. The number of hydrogen-bond donors (Lipinski definition) is 10. The van der Waals surface area contributed by atoms with Crippen LogP contribution in [0.3, 0.4) is 0 Å². The Hall–Kier alpha value is -0.680. The van der Waals surface area contributed by atoms with Gasteiger partial charge in [-0.15, -0.1) is 0 Å². The lowest BCUT2D eigenvalue weighted by Gasteiger charge is -2.51. The molecular weight excluding hydrogens is 1560 g/mol. The number of hydrogen-bond acceptors (Lipinski definition) is 10. The second kappa shape index (κ2) is 53.6. The Bertz CT molecular complexity index is 2720. The highest BCUT2D eigenvalue weighted by Crippen LogP contribution is 2.54. The van der Waals surface area contributed by atoms with Crippen molar-refractivity contribution in [3.8, 4) is 0 Å². The summed E-state index contributed by atoms with van der Waals surface area (Å²) in [6.07, 6.45) is 28.2. The summed E-state index contributed by atoms with van der Waals surface area (Å²) in [4.78, 5) is 0. The van der Waals surface area contributed by atoms with E-state index in [0.29, 0.717) is 100 Å². The van der Waals surface area contributed by atoms with Crippen LogP contribution in [-0.4, -0.2) is 123 Å². The maximum Gasteiger partial charge on any atom is 0.256 e. The number of rotatable bonds is 12. The minimum absolute atomic E-state index is 0. The quantitative estimate of drug-likeness (QED) is 0.0838. The van der Waals surface area contributed by atoms with Gasteiger partial charge in [0.25, 0.3) is 5.92 Å². The fraction of sp³-hybridized carbons (Fsp3) is 1.00. The van der Waals surface area contributed by atoms with Gasteiger partial charge in [0, 0.05) is 19.3 Å². The lowest BCUT2D eigenvalue weighted by atomic mass is 9.56. The maximum atomic E-state index is 12.9. The number of fused-ring (bicyclic) bond motifs is 3. The molecule has 0 aliphatic heterocycles. The van der Waals surface area contributed by atoms with E-state index >= 15 is 0 Å². The Labute approximate surface area is 767 Å². The minimum Gasteiger partial charge on any atom is -0.393 e. The van der Waals surface area contributed by atoms with Crippen molar-refractivity contribution in [2.45, 2.75) is 516 Å². The summed E-state index contributed by atoms with van der Waals surface area (Å²) in [5.41, 5.74) is 0.777. The lowest BCUT2D eigenvalue weighted by molar-refractivity contribution is -0.217. The molecule has 0 saturated heterocycles. The highest BCUT2D eigenvalue weighted by molar-refractivity contribution is 5.01. The van der Waals surface area contributed by atoms with Crippen LogP contribution in [0.2, 0.25) is 0 Å². The van der Waals surface area contributed by atoms with Gasteiger partial charge in [-0.3, -0.25) is 0 Å². The molecule has 24 unspecified atom stereocenters. The zero-order valence-corrected chi connectivity index (χ0v) is 86.6. The number of aliphatic hydroxyl groups is 10. The highest BCUT2D eigenvalue weighted by Gasteiger charge is 2.57. The van der Waals surface area contributed by atoms with Crippen LogP contribution in [0.5, 0.6) is 0 Å². The molecular formula is C110H218F4O10.